The maximum Gasteiger partial charge on any atom is 0.273 e. The Morgan fingerprint density at radius 2 is 1.62 bits per heavy atom. The minimum absolute atomic E-state index is 0.0742. The van der Waals surface area contributed by atoms with Gasteiger partial charge in [0.1, 0.15) is 24.1 Å². The van der Waals surface area contributed by atoms with Gasteiger partial charge >= 0.3 is 0 Å². The number of hydrogen-bond acceptors (Lipinski definition) is 8. The minimum Gasteiger partial charge on any atom is -0.497 e. The van der Waals surface area contributed by atoms with Crippen molar-refractivity contribution in [1.29, 1.82) is 0 Å². The standard InChI is InChI=1S/C36H39ClN4O8S/c1-24(2)38-36(43)33(19-26-10-7-6-8-11-26)39(22-27-12-9-13-29(18-27)48-4)35(42)23-40(32-20-28(37)15-17-34(32)49-5)50(46,47)30-16-14-25(3)31(21-30)41(44)45/h6-18,20-21,24,33H,19,22-23H2,1-5H3,(H,38,43)/t33-/m0/s1. The normalized spacial score (nSPS) is 11.8. The van der Waals surface area contributed by atoms with E-state index in [2.05, 4.69) is 5.32 Å². The first kappa shape index (κ1) is 37.7. The molecule has 0 radical (unpaired) electrons. The topological polar surface area (TPSA) is 148 Å². The molecular weight excluding hydrogens is 684 g/mol. The third-order valence-corrected chi connectivity index (χ3v) is 9.83. The smallest absolute Gasteiger partial charge is 0.273 e. The van der Waals surface area contributed by atoms with E-state index in [9.17, 15) is 28.1 Å². The van der Waals surface area contributed by atoms with Gasteiger partial charge in [-0.15, -0.1) is 0 Å². The molecule has 4 rings (SSSR count). The van der Waals surface area contributed by atoms with Crippen LogP contribution in [0.2, 0.25) is 5.02 Å². The quantitative estimate of drug-likeness (QED) is 0.117. The van der Waals surface area contributed by atoms with Gasteiger partial charge in [0.25, 0.3) is 15.7 Å². The lowest BCUT2D eigenvalue weighted by Gasteiger charge is -2.34. The summed E-state index contributed by atoms with van der Waals surface area (Å²) < 4.78 is 40.6. The summed E-state index contributed by atoms with van der Waals surface area (Å²) in [5, 5.41) is 14.8. The average Bonchev–Trinajstić information content (AvgIpc) is 3.08. The molecular formula is C36H39ClN4O8S. The van der Waals surface area contributed by atoms with Crippen molar-refractivity contribution in [3.8, 4) is 11.5 Å². The summed E-state index contributed by atoms with van der Waals surface area (Å²) in [4.78, 5) is 40.6. The van der Waals surface area contributed by atoms with Gasteiger partial charge in [-0.05, 0) is 68.3 Å². The van der Waals surface area contributed by atoms with Crippen LogP contribution in [0.25, 0.3) is 0 Å². The van der Waals surface area contributed by atoms with Crippen molar-refractivity contribution in [3.05, 3.63) is 123 Å². The fourth-order valence-corrected chi connectivity index (χ4v) is 6.95. The van der Waals surface area contributed by atoms with Crippen LogP contribution in [-0.4, -0.2) is 62.9 Å². The SMILES string of the molecule is COc1cccc(CN(C(=O)CN(c2cc(Cl)ccc2OC)S(=O)(=O)c2ccc(C)c([N+](=O)[O-])c2)[C@@H](Cc2ccccc2)C(=O)NC(C)C)c1. The Labute approximate surface area is 296 Å². The molecule has 0 spiro atoms. The van der Waals surface area contributed by atoms with Crippen LogP contribution in [0, 0.1) is 17.0 Å². The van der Waals surface area contributed by atoms with Gasteiger partial charge in [0.05, 0.1) is 29.7 Å². The second kappa shape index (κ2) is 16.5. The van der Waals surface area contributed by atoms with Crippen molar-refractivity contribution < 1.29 is 32.4 Å². The number of carbonyl (C=O) groups excluding carboxylic acids is 2. The van der Waals surface area contributed by atoms with E-state index in [1.165, 1.54) is 56.4 Å². The highest BCUT2D eigenvalue weighted by molar-refractivity contribution is 7.92. The highest BCUT2D eigenvalue weighted by Gasteiger charge is 2.36. The van der Waals surface area contributed by atoms with Crippen LogP contribution >= 0.6 is 11.6 Å². The summed E-state index contributed by atoms with van der Waals surface area (Å²) in [5.74, 6) is -0.580. The molecule has 0 aliphatic rings. The molecule has 0 unspecified atom stereocenters. The van der Waals surface area contributed by atoms with Gasteiger partial charge in [0.2, 0.25) is 11.8 Å². The molecule has 14 heteroatoms. The molecule has 4 aromatic rings. The van der Waals surface area contributed by atoms with Crippen LogP contribution in [0.4, 0.5) is 11.4 Å². The second-order valence-electron chi connectivity index (χ2n) is 11.8. The van der Waals surface area contributed by atoms with Crippen molar-refractivity contribution in [2.75, 3.05) is 25.1 Å². The Hall–Kier alpha value is -5.14. The summed E-state index contributed by atoms with van der Waals surface area (Å²) in [7, 11) is -1.85. The van der Waals surface area contributed by atoms with Crippen LogP contribution in [-0.2, 0) is 32.6 Å². The Balaban J connectivity index is 1.90. The molecule has 4 aromatic carbocycles. The second-order valence-corrected chi connectivity index (χ2v) is 14.1. The Kier molecular flexibility index (Phi) is 12.4. The fourth-order valence-electron chi connectivity index (χ4n) is 5.35. The molecule has 2 amide bonds. The van der Waals surface area contributed by atoms with E-state index in [0.29, 0.717) is 11.3 Å². The molecule has 0 aromatic heterocycles. The molecule has 0 heterocycles. The summed E-state index contributed by atoms with van der Waals surface area (Å²) >= 11 is 6.34. The largest absolute Gasteiger partial charge is 0.497 e. The van der Waals surface area contributed by atoms with E-state index < -0.39 is 49.9 Å². The number of halogens is 1. The zero-order chi connectivity index (χ0) is 36.6. The van der Waals surface area contributed by atoms with E-state index in [1.54, 1.807) is 38.1 Å². The van der Waals surface area contributed by atoms with Gasteiger partial charge in [-0.25, -0.2) is 8.42 Å². The van der Waals surface area contributed by atoms with E-state index in [4.69, 9.17) is 21.1 Å². The predicted octanol–water partition coefficient (Wildman–Crippen LogP) is 5.93. The number of nitro groups is 1. The van der Waals surface area contributed by atoms with Crippen LogP contribution in [0.15, 0.2) is 95.9 Å². The molecule has 0 aliphatic carbocycles. The van der Waals surface area contributed by atoms with Gasteiger partial charge < -0.3 is 19.7 Å². The third-order valence-electron chi connectivity index (χ3n) is 7.84. The first-order valence-electron chi connectivity index (χ1n) is 15.6. The zero-order valence-corrected chi connectivity index (χ0v) is 29.9. The number of hydrogen-bond donors (Lipinski definition) is 1. The molecule has 50 heavy (non-hydrogen) atoms. The molecule has 0 saturated heterocycles. The van der Waals surface area contributed by atoms with Crippen LogP contribution in [0.1, 0.15) is 30.5 Å². The zero-order valence-electron chi connectivity index (χ0n) is 28.3. The Morgan fingerprint density at radius 3 is 2.26 bits per heavy atom. The number of carbonyl (C=O) groups is 2. The first-order valence-corrected chi connectivity index (χ1v) is 17.4. The predicted molar refractivity (Wildman–Crippen MR) is 191 cm³/mol. The summed E-state index contributed by atoms with van der Waals surface area (Å²) in [6.45, 7) is 4.18. The number of methoxy groups -OCH3 is 2. The molecule has 0 saturated carbocycles. The number of sulfonamides is 1. The molecule has 0 aliphatic heterocycles. The lowest BCUT2D eigenvalue weighted by molar-refractivity contribution is -0.385. The van der Waals surface area contributed by atoms with Gasteiger partial charge in [0, 0.05) is 35.7 Å². The number of ether oxygens (including phenoxy) is 2. The van der Waals surface area contributed by atoms with Crippen LogP contribution < -0.4 is 19.1 Å². The van der Waals surface area contributed by atoms with Gasteiger partial charge in [0.15, 0.2) is 0 Å². The average molecular weight is 723 g/mol. The van der Waals surface area contributed by atoms with Crippen molar-refractivity contribution in [1.82, 2.24) is 10.2 Å². The molecule has 0 fully saturated rings. The van der Waals surface area contributed by atoms with Gasteiger partial charge in [-0.1, -0.05) is 60.1 Å². The van der Waals surface area contributed by atoms with Crippen molar-refractivity contribution >= 4 is 44.8 Å². The molecule has 1 atom stereocenters. The number of anilines is 1. The lowest BCUT2D eigenvalue weighted by atomic mass is 10.0. The van der Waals surface area contributed by atoms with E-state index in [0.717, 1.165) is 15.9 Å². The maximum absolute atomic E-state index is 14.7. The Bertz CT molecular complexity index is 1960. The van der Waals surface area contributed by atoms with Gasteiger partial charge in [-0.2, -0.15) is 0 Å². The lowest BCUT2D eigenvalue weighted by Crippen LogP contribution is -2.54. The number of amides is 2. The number of benzene rings is 4. The number of nitrogens with zero attached hydrogens (tertiary/aromatic N) is 3. The summed E-state index contributed by atoms with van der Waals surface area (Å²) in [6, 6.07) is 22.5. The first-order chi connectivity index (χ1) is 23.7. The number of nitrogens with one attached hydrogen (secondary N) is 1. The molecule has 0 bridgehead atoms. The van der Waals surface area contributed by atoms with Crippen molar-refractivity contribution in [3.63, 3.8) is 0 Å². The monoisotopic (exact) mass is 722 g/mol. The van der Waals surface area contributed by atoms with E-state index >= 15 is 0 Å². The third kappa shape index (κ3) is 9.10. The molecule has 264 valence electrons. The fraction of sp³-hybridized carbons (Fsp3) is 0.278. The highest BCUT2D eigenvalue weighted by atomic mass is 35.5. The maximum atomic E-state index is 14.7. The van der Waals surface area contributed by atoms with Crippen LogP contribution in [0.3, 0.4) is 0 Å². The number of aryl methyl sites for hydroxylation is 1. The Morgan fingerprint density at radius 1 is 0.920 bits per heavy atom. The molecule has 12 nitrogen and oxygen atoms in total. The summed E-state index contributed by atoms with van der Waals surface area (Å²) in [5.41, 5.74) is 1.15. The highest BCUT2D eigenvalue weighted by Crippen LogP contribution is 2.36. The van der Waals surface area contributed by atoms with E-state index in [1.807, 2.05) is 30.3 Å². The minimum atomic E-state index is -4.69. The van der Waals surface area contributed by atoms with Gasteiger partial charge in [-0.3, -0.25) is 24.0 Å². The van der Waals surface area contributed by atoms with E-state index in [-0.39, 0.29) is 41.0 Å². The van der Waals surface area contributed by atoms with Crippen molar-refractivity contribution in [2.45, 2.75) is 50.7 Å². The van der Waals surface area contributed by atoms with Crippen molar-refractivity contribution in [2.24, 2.45) is 0 Å². The number of nitro benzene ring substituents is 1. The summed E-state index contributed by atoms with van der Waals surface area (Å²) in [6.07, 6.45) is 0.118. The van der Waals surface area contributed by atoms with Crippen LogP contribution in [0.5, 0.6) is 11.5 Å². The number of rotatable bonds is 15. The molecule has 1 N–H and O–H groups in total.